The van der Waals surface area contributed by atoms with Gasteiger partial charge in [-0.05, 0) is 29.8 Å². The van der Waals surface area contributed by atoms with E-state index in [1.165, 1.54) is 0 Å². The smallest absolute Gasteiger partial charge is 0.125 e. The molecule has 0 aliphatic carbocycles. The molecule has 1 aromatic heterocycles. The molecule has 0 atom stereocenters. The summed E-state index contributed by atoms with van der Waals surface area (Å²) in [5.74, 6) is 1.15. The zero-order valence-corrected chi connectivity index (χ0v) is 12.8. The fraction of sp³-hybridized carbons (Fsp3) is 0.133. The topological polar surface area (TPSA) is 17.8 Å². The van der Waals surface area contributed by atoms with E-state index in [0.717, 1.165) is 27.4 Å². The summed E-state index contributed by atoms with van der Waals surface area (Å²) >= 11 is 18.3. The largest absolute Gasteiger partial charge is 0.322 e. The van der Waals surface area contributed by atoms with E-state index in [0.29, 0.717) is 17.4 Å². The van der Waals surface area contributed by atoms with E-state index >= 15 is 0 Å². The zero-order chi connectivity index (χ0) is 14.1. The molecule has 102 valence electrons. The van der Waals surface area contributed by atoms with Crippen LogP contribution >= 0.6 is 34.8 Å². The first kappa shape index (κ1) is 13.7. The lowest BCUT2D eigenvalue weighted by atomic mass is 10.2. The van der Waals surface area contributed by atoms with Crippen molar-refractivity contribution in [1.82, 2.24) is 9.55 Å². The molecule has 5 heteroatoms. The van der Waals surface area contributed by atoms with Gasteiger partial charge in [-0.25, -0.2) is 4.98 Å². The van der Waals surface area contributed by atoms with Gasteiger partial charge in [0, 0.05) is 10.0 Å². The van der Waals surface area contributed by atoms with Gasteiger partial charge in [0.2, 0.25) is 0 Å². The second kappa shape index (κ2) is 5.65. The third kappa shape index (κ3) is 2.51. The second-order valence-electron chi connectivity index (χ2n) is 4.47. The van der Waals surface area contributed by atoms with E-state index in [1.54, 1.807) is 0 Å². The van der Waals surface area contributed by atoms with Crippen molar-refractivity contribution < 1.29 is 0 Å². The lowest BCUT2D eigenvalue weighted by Crippen LogP contribution is -2.04. The molecule has 0 unspecified atom stereocenters. The molecule has 20 heavy (non-hydrogen) atoms. The molecule has 0 aliphatic rings. The molecule has 0 N–H and O–H groups in total. The SMILES string of the molecule is ClCc1nc2ccc(Cl)cc2n1Cc1ccccc1Cl. The zero-order valence-electron chi connectivity index (χ0n) is 10.5. The minimum atomic E-state index is 0.344. The normalized spacial score (nSPS) is 11.2. The van der Waals surface area contributed by atoms with Gasteiger partial charge in [0.15, 0.2) is 0 Å². The fourth-order valence-corrected chi connectivity index (χ4v) is 2.79. The van der Waals surface area contributed by atoms with Crippen LogP contribution in [0.25, 0.3) is 11.0 Å². The maximum atomic E-state index is 6.23. The van der Waals surface area contributed by atoms with Crippen LogP contribution in [-0.4, -0.2) is 9.55 Å². The van der Waals surface area contributed by atoms with Gasteiger partial charge in [0.25, 0.3) is 0 Å². The number of hydrogen-bond donors (Lipinski definition) is 0. The summed E-state index contributed by atoms with van der Waals surface area (Å²) in [7, 11) is 0. The third-order valence-corrected chi connectivity index (χ3v) is 4.04. The molecule has 0 saturated carbocycles. The lowest BCUT2D eigenvalue weighted by Gasteiger charge is -2.09. The Labute approximate surface area is 131 Å². The van der Waals surface area contributed by atoms with E-state index < -0.39 is 0 Å². The van der Waals surface area contributed by atoms with Crippen molar-refractivity contribution in [2.75, 3.05) is 0 Å². The van der Waals surface area contributed by atoms with Gasteiger partial charge < -0.3 is 4.57 Å². The minimum absolute atomic E-state index is 0.344. The third-order valence-electron chi connectivity index (χ3n) is 3.20. The lowest BCUT2D eigenvalue weighted by molar-refractivity contribution is 0.779. The molecule has 0 spiro atoms. The Kier molecular flexibility index (Phi) is 3.88. The standard InChI is InChI=1S/C15H11Cl3N2/c16-8-15-19-13-6-5-11(17)7-14(13)20(15)9-10-3-1-2-4-12(10)18/h1-7H,8-9H2. The summed E-state index contributed by atoms with van der Waals surface area (Å²) < 4.78 is 2.05. The number of halogens is 3. The fourth-order valence-electron chi connectivity index (χ4n) is 2.22. The molecule has 2 aromatic carbocycles. The van der Waals surface area contributed by atoms with E-state index in [-0.39, 0.29) is 0 Å². The maximum absolute atomic E-state index is 6.23. The number of benzene rings is 2. The molecule has 0 radical (unpaired) electrons. The molecule has 0 fully saturated rings. The number of fused-ring (bicyclic) bond motifs is 1. The van der Waals surface area contributed by atoms with Crippen LogP contribution in [0.15, 0.2) is 42.5 Å². The van der Waals surface area contributed by atoms with Gasteiger partial charge in [-0.15, -0.1) is 11.6 Å². The van der Waals surface area contributed by atoms with Crippen LogP contribution < -0.4 is 0 Å². The highest BCUT2D eigenvalue weighted by atomic mass is 35.5. The van der Waals surface area contributed by atoms with Crippen LogP contribution in [0.1, 0.15) is 11.4 Å². The second-order valence-corrected chi connectivity index (χ2v) is 5.58. The van der Waals surface area contributed by atoms with Gasteiger partial charge in [0.1, 0.15) is 5.82 Å². The highest BCUT2D eigenvalue weighted by molar-refractivity contribution is 6.31. The Balaban J connectivity index is 2.14. The summed E-state index contributed by atoms with van der Waals surface area (Å²) in [5, 5.41) is 1.41. The summed E-state index contributed by atoms with van der Waals surface area (Å²) in [6.07, 6.45) is 0. The van der Waals surface area contributed by atoms with Crippen LogP contribution in [0.2, 0.25) is 10.0 Å². The minimum Gasteiger partial charge on any atom is -0.322 e. The van der Waals surface area contributed by atoms with E-state index in [4.69, 9.17) is 34.8 Å². The molecular formula is C15H11Cl3N2. The van der Waals surface area contributed by atoms with Crippen LogP contribution in [0.3, 0.4) is 0 Å². The van der Waals surface area contributed by atoms with Crippen molar-refractivity contribution in [2.45, 2.75) is 12.4 Å². The van der Waals surface area contributed by atoms with E-state index in [1.807, 2.05) is 42.5 Å². The quantitative estimate of drug-likeness (QED) is 0.610. The summed E-state index contributed by atoms with van der Waals surface area (Å²) in [5.41, 5.74) is 2.88. The first-order valence-corrected chi connectivity index (χ1v) is 7.42. The number of rotatable bonds is 3. The number of aromatic nitrogens is 2. The average Bonchev–Trinajstić information content (AvgIpc) is 2.79. The number of imidazole rings is 1. The number of alkyl halides is 1. The Morgan fingerprint density at radius 2 is 1.85 bits per heavy atom. The molecule has 0 bridgehead atoms. The molecule has 0 amide bonds. The highest BCUT2D eigenvalue weighted by Gasteiger charge is 2.12. The summed E-state index contributed by atoms with van der Waals surface area (Å²) in [6, 6.07) is 13.4. The molecule has 2 nitrogen and oxygen atoms in total. The van der Waals surface area contributed by atoms with Crippen LogP contribution in [0, 0.1) is 0 Å². The van der Waals surface area contributed by atoms with Crippen LogP contribution in [0.4, 0.5) is 0 Å². The van der Waals surface area contributed by atoms with Gasteiger partial charge in [-0.1, -0.05) is 41.4 Å². The first-order chi connectivity index (χ1) is 9.69. The Morgan fingerprint density at radius 3 is 2.60 bits per heavy atom. The van der Waals surface area contributed by atoms with Crippen molar-refractivity contribution in [3.05, 3.63) is 63.9 Å². The molecule has 0 saturated heterocycles. The van der Waals surface area contributed by atoms with Gasteiger partial charge in [-0.2, -0.15) is 0 Å². The monoisotopic (exact) mass is 324 g/mol. The summed E-state index contributed by atoms with van der Waals surface area (Å²) in [4.78, 5) is 4.53. The number of hydrogen-bond acceptors (Lipinski definition) is 1. The van der Waals surface area contributed by atoms with Crippen LogP contribution in [-0.2, 0) is 12.4 Å². The molecule has 1 heterocycles. The van der Waals surface area contributed by atoms with Crippen molar-refractivity contribution in [1.29, 1.82) is 0 Å². The van der Waals surface area contributed by atoms with Crippen LogP contribution in [0.5, 0.6) is 0 Å². The average molecular weight is 326 g/mol. The Morgan fingerprint density at radius 1 is 1.05 bits per heavy atom. The van der Waals surface area contributed by atoms with Crippen molar-refractivity contribution in [2.24, 2.45) is 0 Å². The number of nitrogens with zero attached hydrogens (tertiary/aromatic N) is 2. The predicted molar refractivity (Wildman–Crippen MR) is 84.9 cm³/mol. The van der Waals surface area contributed by atoms with E-state index in [9.17, 15) is 0 Å². The van der Waals surface area contributed by atoms with E-state index in [2.05, 4.69) is 9.55 Å². The van der Waals surface area contributed by atoms with Gasteiger partial charge in [-0.3, -0.25) is 0 Å². The molecule has 3 aromatic rings. The van der Waals surface area contributed by atoms with Crippen molar-refractivity contribution >= 4 is 45.8 Å². The highest BCUT2D eigenvalue weighted by Crippen LogP contribution is 2.24. The molecule has 0 aliphatic heterocycles. The first-order valence-electron chi connectivity index (χ1n) is 6.13. The maximum Gasteiger partial charge on any atom is 0.125 e. The van der Waals surface area contributed by atoms with Gasteiger partial charge in [0.05, 0.1) is 23.5 Å². The summed E-state index contributed by atoms with van der Waals surface area (Å²) in [6.45, 7) is 0.624. The Bertz CT molecular complexity index is 765. The van der Waals surface area contributed by atoms with Crippen molar-refractivity contribution in [3.63, 3.8) is 0 Å². The van der Waals surface area contributed by atoms with Crippen molar-refractivity contribution in [3.8, 4) is 0 Å². The Hall–Kier alpha value is -1.22. The predicted octanol–water partition coefficient (Wildman–Crippen LogP) is 5.13. The molecule has 3 rings (SSSR count). The molecular weight excluding hydrogens is 315 g/mol. The van der Waals surface area contributed by atoms with Gasteiger partial charge >= 0.3 is 0 Å².